The lowest BCUT2D eigenvalue weighted by molar-refractivity contribution is -0.133. The summed E-state index contributed by atoms with van der Waals surface area (Å²) in [6.07, 6.45) is 0.350. The van der Waals surface area contributed by atoms with Crippen molar-refractivity contribution in [3.8, 4) is 0 Å². The van der Waals surface area contributed by atoms with Crippen molar-refractivity contribution in [3.05, 3.63) is 40.3 Å². The standard InChI is InChI=1S/C17H19N3O6S/c1-2-19(11-7-8-27(25,26)10-11)14(21)9-20-16(22)13-6-4-3-5-12(13)15(18-20)17(23)24/h3-6,11H,2,7-10H2,1H3,(H,23,24)/t11-/m1/s1. The highest BCUT2D eigenvalue weighted by atomic mass is 32.2. The van der Waals surface area contributed by atoms with Crippen molar-refractivity contribution in [2.75, 3.05) is 18.1 Å². The molecule has 0 saturated carbocycles. The first kappa shape index (κ1) is 19.0. The number of carbonyl (C=O) groups excluding carboxylic acids is 1. The fourth-order valence-electron chi connectivity index (χ4n) is 3.38. The molecule has 1 saturated heterocycles. The van der Waals surface area contributed by atoms with Gasteiger partial charge in [0, 0.05) is 18.0 Å². The first-order chi connectivity index (χ1) is 12.7. The van der Waals surface area contributed by atoms with Gasteiger partial charge in [0.15, 0.2) is 15.5 Å². The number of likely N-dealkylation sites (N-methyl/N-ethyl adjacent to an activating group) is 1. The molecule has 1 atom stereocenters. The molecule has 0 radical (unpaired) electrons. The second kappa shape index (κ2) is 7.10. The Hall–Kier alpha value is -2.75. The maximum atomic E-state index is 12.7. The fraction of sp³-hybridized carbons (Fsp3) is 0.412. The normalized spacial score (nSPS) is 18.5. The molecule has 0 aliphatic carbocycles. The fourth-order valence-corrected chi connectivity index (χ4v) is 5.11. The van der Waals surface area contributed by atoms with Gasteiger partial charge < -0.3 is 10.0 Å². The van der Waals surface area contributed by atoms with Gasteiger partial charge in [0.2, 0.25) is 5.91 Å². The second-order valence-electron chi connectivity index (χ2n) is 6.40. The van der Waals surface area contributed by atoms with Crippen molar-refractivity contribution in [2.24, 2.45) is 0 Å². The van der Waals surface area contributed by atoms with E-state index in [0.29, 0.717) is 6.42 Å². The molecule has 0 unspecified atom stereocenters. The highest BCUT2D eigenvalue weighted by Crippen LogP contribution is 2.18. The minimum Gasteiger partial charge on any atom is -0.476 e. The average molecular weight is 393 g/mol. The molecule has 0 bridgehead atoms. The van der Waals surface area contributed by atoms with Gasteiger partial charge in [-0.1, -0.05) is 18.2 Å². The summed E-state index contributed by atoms with van der Waals surface area (Å²) >= 11 is 0. The predicted octanol–water partition coefficient (Wildman–Crippen LogP) is 0.130. The van der Waals surface area contributed by atoms with Crippen LogP contribution in [0, 0.1) is 0 Å². The zero-order chi connectivity index (χ0) is 19.8. The molecule has 9 nitrogen and oxygen atoms in total. The molecule has 144 valence electrons. The first-order valence-electron chi connectivity index (χ1n) is 8.46. The van der Waals surface area contributed by atoms with Gasteiger partial charge in [0.25, 0.3) is 5.56 Å². The summed E-state index contributed by atoms with van der Waals surface area (Å²) in [6.45, 7) is 1.56. The summed E-state index contributed by atoms with van der Waals surface area (Å²) in [5.41, 5.74) is -0.886. The van der Waals surface area contributed by atoms with Gasteiger partial charge in [-0.05, 0) is 19.4 Å². The molecule has 1 aromatic carbocycles. The third kappa shape index (κ3) is 3.70. The van der Waals surface area contributed by atoms with E-state index in [-0.39, 0.29) is 34.5 Å². The summed E-state index contributed by atoms with van der Waals surface area (Å²) in [5.74, 6) is -1.85. The highest BCUT2D eigenvalue weighted by Gasteiger charge is 2.34. The molecule has 1 aromatic heterocycles. The van der Waals surface area contributed by atoms with Crippen LogP contribution in [0.2, 0.25) is 0 Å². The molecule has 3 rings (SSSR count). The maximum absolute atomic E-state index is 12.7. The number of rotatable bonds is 5. The van der Waals surface area contributed by atoms with E-state index in [9.17, 15) is 27.9 Å². The topological polar surface area (TPSA) is 127 Å². The van der Waals surface area contributed by atoms with Crippen molar-refractivity contribution in [1.82, 2.24) is 14.7 Å². The van der Waals surface area contributed by atoms with Crippen LogP contribution in [-0.2, 0) is 21.2 Å². The Morgan fingerprint density at radius 1 is 1.30 bits per heavy atom. The number of sulfone groups is 1. The minimum absolute atomic E-state index is 0.0266. The Morgan fingerprint density at radius 2 is 1.96 bits per heavy atom. The molecule has 2 aromatic rings. The third-order valence-corrected chi connectivity index (χ3v) is 6.42. The predicted molar refractivity (Wildman–Crippen MR) is 97.4 cm³/mol. The molecular formula is C17H19N3O6S. The Balaban J connectivity index is 1.96. The number of carboxylic acids is 1. The average Bonchev–Trinajstić information content (AvgIpc) is 2.97. The second-order valence-corrected chi connectivity index (χ2v) is 8.63. The number of fused-ring (bicyclic) bond motifs is 1. The van der Waals surface area contributed by atoms with E-state index >= 15 is 0 Å². The highest BCUT2D eigenvalue weighted by molar-refractivity contribution is 7.91. The van der Waals surface area contributed by atoms with Gasteiger partial charge in [-0.2, -0.15) is 5.10 Å². The van der Waals surface area contributed by atoms with E-state index in [1.807, 2.05) is 0 Å². The number of benzene rings is 1. The number of hydrogen-bond donors (Lipinski definition) is 1. The van der Waals surface area contributed by atoms with Crippen LogP contribution in [0.5, 0.6) is 0 Å². The largest absolute Gasteiger partial charge is 0.476 e. The van der Waals surface area contributed by atoms with E-state index in [4.69, 9.17) is 0 Å². The SMILES string of the molecule is CCN(C(=O)Cn1nc(C(=O)O)c2ccccc2c1=O)[C@@H]1CCS(=O)(=O)C1. The number of carboxylic acid groups (broad SMARTS) is 1. The van der Waals surface area contributed by atoms with Crippen LogP contribution in [0.15, 0.2) is 29.1 Å². The van der Waals surface area contributed by atoms with Crippen LogP contribution in [0.25, 0.3) is 10.8 Å². The van der Waals surface area contributed by atoms with E-state index in [1.165, 1.54) is 17.0 Å². The van der Waals surface area contributed by atoms with Crippen molar-refractivity contribution in [2.45, 2.75) is 25.9 Å². The Morgan fingerprint density at radius 3 is 2.52 bits per heavy atom. The van der Waals surface area contributed by atoms with Crippen LogP contribution >= 0.6 is 0 Å². The molecule has 1 aliphatic heterocycles. The Bertz CT molecular complexity index is 1080. The Kier molecular flexibility index (Phi) is 5.01. The summed E-state index contributed by atoms with van der Waals surface area (Å²) in [4.78, 5) is 38.2. The smallest absolute Gasteiger partial charge is 0.357 e. The Labute approximate surface area is 155 Å². The van der Waals surface area contributed by atoms with Crippen LogP contribution in [0.4, 0.5) is 0 Å². The monoisotopic (exact) mass is 393 g/mol. The lowest BCUT2D eigenvalue weighted by Crippen LogP contribution is -2.44. The van der Waals surface area contributed by atoms with Gasteiger partial charge in [-0.25, -0.2) is 17.9 Å². The molecule has 1 amide bonds. The molecule has 10 heteroatoms. The quantitative estimate of drug-likeness (QED) is 0.765. The third-order valence-electron chi connectivity index (χ3n) is 4.67. The van der Waals surface area contributed by atoms with Crippen molar-refractivity contribution in [3.63, 3.8) is 0 Å². The van der Waals surface area contributed by atoms with Crippen LogP contribution < -0.4 is 5.56 Å². The van der Waals surface area contributed by atoms with Gasteiger partial charge in [0.1, 0.15) is 6.54 Å². The summed E-state index contributed by atoms with van der Waals surface area (Å²) < 4.78 is 24.2. The molecule has 27 heavy (non-hydrogen) atoms. The zero-order valence-electron chi connectivity index (χ0n) is 14.7. The number of nitrogens with zero attached hydrogens (tertiary/aromatic N) is 3. The lowest BCUT2D eigenvalue weighted by atomic mass is 10.1. The van der Waals surface area contributed by atoms with Gasteiger partial charge in [-0.15, -0.1) is 0 Å². The first-order valence-corrected chi connectivity index (χ1v) is 10.3. The van der Waals surface area contributed by atoms with Crippen LogP contribution in [0.3, 0.4) is 0 Å². The number of aromatic nitrogens is 2. The van der Waals surface area contributed by atoms with Gasteiger partial charge >= 0.3 is 5.97 Å². The van der Waals surface area contributed by atoms with Crippen molar-refractivity contribution in [1.29, 1.82) is 0 Å². The van der Waals surface area contributed by atoms with Gasteiger partial charge in [-0.3, -0.25) is 9.59 Å². The number of amides is 1. The van der Waals surface area contributed by atoms with Gasteiger partial charge in [0.05, 0.1) is 16.9 Å². The van der Waals surface area contributed by atoms with E-state index < -0.39 is 39.9 Å². The number of aromatic carboxylic acids is 1. The summed E-state index contributed by atoms with van der Waals surface area (Å²) in [5, 5.41) is 13.6. The number of carbonyl (C=O) groups is 2. The molecule has 1 fully saturated rings. The number of hydrogen-bond acceptors (Lipinski definition) is 6. The molecule has 2 heterocycles. The molecule has 0 spiro atoms. The minimum atomic E-state index is -3.17. The molecule has 1 aliphatic rings. The van der Waals surface area contributed by atoms with Crippen LogP contribution in [0.1, 0.15) is 23.8 Å². The molecular weight excluding hydrogens is 374 g/mol. The van der Waals surface area contributed by atoms with E-state index in [0.717, 1.165) is 4.68 Å². The molecule has 1 N–H and O–H groups in total. The summed E-state index contributed by atoms with van der Waals surface area (Å²) in [7, 11) is -3.17. The van der Waals surface area contributed by atoms with E-state index in [2.05, 4.69) is 5.10 Å². The van der Waals surface area contributed by atoms with Crippen LogP contribution in [-0.4, -0.2) is 64.2 Å². The van der Waals surface area contributed by atoms with Crippen molar-refractivity contribution < 1.29 is 23.1 Å². The maximum Gasteiger partial charge on any atom is 0.357 e. The lowest BCUT2D eigenvalue weighted by Gasteiger charge is -2.27. The van der Waals surface area contributed by atoms with E-state index in [1.54, 1.807) is 19.1 Å². The van der Waals surface area contributed by atoms with Crippen molar-refractivity contribution >= 4 is 32.5 Å². The summed E-state index contributed by atoms with van der Waals surface area (Å²) in [6, 6.07) is 5.73. The zero-order valence-corrected chi connectivity index (χ0v) is 15.5.